The second kappa shape index (κ2) is 7.36. The molecule has 7 nitrogen and oxygen atoms in total. The van der Waals surface area contributed by atoms with Gasteiger partial charge < -0.3 is 15.5 Å². The third-order valence-electron chi connectivity index (χ3n) is 4.73. The highest BCUT2D eigenvalue weighted by Gasteiger charge is 2.29. The van der Waals surface area contributed by atoms with Crippen LogP contribution >= 0.6 is 23.4 Å². The normalized spacial score (nSPS) is 17.6. The number of rotatable bonds is 5. The Bertz CT molecular complexity index is 800. The Balaban J connectivity index is 1.30. The Labute approximate surface area is 161 Å². The Morgan fingerprint density at radius 2 is 2.00 bits per heavy atom. The van der Waals surface area contributed by atoms with E-state index in [4.69, 9.17) is 17.3 Å². The molecule has 0 radical (unpaired) electrons. The number of benzene rings is 1. The quantitative estimate of drug-likeness (QED) is 0.786. The second-order valence-electron chi connectivity index (χ2n) is 6.58. The summed E-state index contributed by atoms with van der Waals surface area (Å²) in [5.74, 6) is 0.935. The van der Waals surface area contributed by atoms with Gasteiger partial charge in [0.25, 0.3) is 0 Å². The van der Waals surface area contributed by atoms with Crippen molar-refractivity contribution in [1.82, 2.24) is 19.7 Å². The molecule has 1 aromatic carbocycles. The van der Waals surface area contributed by atoms with Gasteiger partial charge in [-0.1, -0.05) is 29.4 Å². The van der Waals surface area contributed by atoms with Crippen molar-refractivity contribution >= 4 is 40.9 Å². The van der Waals surface area contributed by atoms with Crippen molar-refractivity contribution in [1.29, 1.82) is 0 Å². The van der Waals surface area contributed by atoms with Gasteiger partial charge in [-0.3, -0.25) is 9.36 Å². The Hall–Kier alpha value is -1.93. The van der Waals surface area contributed by atoms with Gasteiger partial charge in [-0.15, -0.1) is 10.2 Å². The summed E-state index contributed by atoms with van der Waals surface area (Å²) in [7, 11) is 0. The molecule has 2 aromatic rings. The zero-order valence-corrected chi connectivity index (χ0v) is 15.9. The van der Waals surface area contributed by atoms with E-state index in [1.54, 1.807) is 0 Å². The van der Waals surface area contributed by atoms with Gasteiger partial charge in [0.1, 0.15) is 0 Å². The number of nitrogens with two attached hydrogens (primary N) is 1. The number of aromatic nitrogens is 3. The molecule has 1 amide bonds. The van der Waals surface area contributed by atoms with E-state index in [9.17, 15) is 4.79 Å². The molecule has 1 saturated heterocycles. The van der Waals surface area contributed by atoms with Crippen molar-refractivity contribution in [2.24, 2.45) is 0 Å². The van der Waals surface area contributed by atoms with Gasteiger partial charge in [0.2, 0.25) is 11.9 Å². The monoisotopic (exact) mass is 392 g/mol. The van der Waals surface area contributed by atoms with E-state index in [0.29, 0.717) is 30.8 Å². The predicted molar refractivity (Wildman–Crippen MR) is 104 cm³/mol. The first-order chi connectivity index (χ1) is 12.6. The summed E-state index contributed by atoms with van der Waals surface area (Å²) in [6.07, 6.45) is 2.21. The number of carbonyl (C=O) groups is 1. The molecule has 2 heterocycles. The van der Waals surface area contributed by atoms with Crippen LogP contribution in [0.2, 0.25) is 5.02 Å². The summed E-state index contributed by atoms with van der Waals surface area (Å²) >= 11 is 7.49. The molecule has 1 aromatic heterocycles. The SMILES string of the molecule is Nc1nnc(SCC(=O)N2CCN(c3cccc(Cl)c3)CC2)n1C1CC1. The Morgan fingerprint density at radius 1 is 1.23 bits per heavy atom. The largest absolute Gasteiger partial charge is 0.368 e. The molecular formula is C17H21ClN6OS. The summed E-state index contributed by atoms with van der Waals surface area (Å²) in [4.78, 5) is 16.7. The molecule has 0 unspecified atom stereocenters. The Morgan fingerprint density at radius 3 is 2.69 bits per heavy atom. The lowest BCUT2D eigenvalue weighted by Crippen LogP contribution is -2.49. The number of nitrogens with zero attached hydrogens (tertiary/aromatic N) is 5. The molecule has 2 fully saturated rings. The average Bonchev–Trinajstić information content (AvgIpc) is 3.42. The first kappa shape index (κ1) is 17.5. The molecule has 0 bridgehead atoms. The van der Waals surface area contributed by atoms with Crippen LogP contribution in [0.25, 0.3) is 0 Å². The summed E-state index contributed by atoms with van der Waals surface area (Å²) < 4.78 is 1.95. The van der Waals surface area contributed by atoms with Crippen molar-refractivity contribution in [3.63, 3.8) is 0 Å². The lowest BCUT2D eigenvalue weighted by molar-refractivity contribution is -0.128. The van der Waals surface area contributed by atoms with Crippen LogP contribution in [-0.2, 0) is 4.79 Å². The number of nitrogen functional groups attached to an aromatic ring is 1. The maximum Gasteiger partial charge on any atom is 0.233 e. The summed E-state index contributed by atoms with van der Waals surface area (Å²) in [5, 5.41) is 9.54. The van der Waals surface area contributed by atoms with Gasteiger partial charge >= 0.3 is 0 Å². The van der Waals surface area contributed by atoms with Gasteiger partial charge in [0, 0.05) is 42.9 Å². The fraction of sp³-hybridized carbons (Fsp3) is 0.471. The van der Waals surface area contributed by atoms with Crippen LogP contribution < -0.4 is 10.6 Å². The van der Waals surface area contributed by atoms with E-state index >= 15 is 0 Å². The Kier molecular flexibility index (Phi) is 4.95. The minimum Gasteiger partial charge on any atom is -0.368 e. The second-order valence-corrected chi connectivity index (χ2v) is 7.96. The molecule has 1 saturated carbocycles. The topological polar surface area (TPSA) is 80.3 Å². The van der Waals surface area contributed by atoms with E-state index in [1.807, 2.05) is 33.7 Å². The van der Waals surface area contributed by atoms with E-state index in [2.05, 4.69) is 15.1 Å². The molecule has 0 spiro atoms. The number of hydrogen-bond donors (Lipinski definition) is 1. The fourth-order valence-corrected chi connectivity index (χ4v) is 4.27. The van der Waals surface area contributed by atoms with Crippen LogP contribution in [0, 0.1) is 0 Å². The highest BCUT2D eigenvalue weighted by molar-refractivity contribution is 7.99. The first-order valence-electron chi connectivity index (χ1n) is 8.73. The summed E-state index contributed by atoms with van der Waals surface area (Å²) in [6, 6.07) is 8.24. The van der Waals surface area contributed by atoms with E-state index < -0.39 is 0 Å². The smallest absolute Gasteiger partial charge is 0.233 e. The number of halogens is 1. The van der Waals surface area contributed by atoms with Crippen LogP contribution in [0.3, 0.4) is 0 Å². The highest BCUT2D eigenvalue weighted by Crippen LogP contribution is 2.39. The molecule has 138 valence electrons. The molecule has 2 aliphatic rings. The van der Waals surface area contributed by atoms with Crippen molar-refractivity contribution in [2.75, 3.05) is 42.6 Å². The van der Waals surface area contributed by atoms with Gasteiger partial charge in [0.15, 0.2) is 5.16 Å². The van der Waals surface area contributed by atoms with Crippen molar-refractivity contribution in [3.8, 4) is 0 Å². The lowest BCUT2D eigenvalue weighted by atomic mass is 10.2. The number of thioether (sulfide) groups is 1. The standard InChI is InChI=1S/C17H21ClN6OS/c18-12-2-1-3-14(10-12)22-6-8-23(9-7-22)15(25)11-26-17-21-20-16(19)24(17)13-4-5-13/h1-3,10,13H,4-9,11H2,(H2,19,20). The van der Waals surface area contributed by atoms with Crippen LogP contribution in [0.5, 0.6) is 0 Å². The van der Waals surface area contributed by atoms with Crippen LogP contribution in [0.4, 0.5) is 11.6 Å². The molecule has 26 heavy (non-hydrogen) atoms. The third-order valence-corrected chi connectivity index (χ3v) is 5.90. The van der Waals surface area contributed by atoms with Crippen LogP contribution in [0.15, 0.2) is 29.4 Å². The van der Waals surface area contributed by atoms with Gasteiger partial charge in [-0.25, -0.2) is 0 Å². The zero-order valence-electron chi connectivity index (χ0n) is 14.3. The number of piperazine rings is 1. The van der Waals surface area contributed by atoms with Crippen molar-refractivity contribution in [3.05, 3.63) is 29.3 Å². The molecular weight excluding hydrogens is 372 g/mol. The predicted octanol–water partition coefficient (Wildman–Crippen LogP) is 2.29. The van der Waals surface area contributed by atoms with E-state index in [0.717, 1.165) is 41.8 Å². The van der Waals surface area contributed by atoms with E-state index in [1.165, 1.54) is 11.8 Å². The minimum atomic E-state index is 0.129. The number of carbonyl (C=O) groups excluding carboxylic acids is 1. The summed E-state index contributed by atoms with van der Waals surface area (Å²) in [5.41, 5.74) is 6.98. The summed E-state index contributed by atoms with van der Waals surface area (Å²) in [6.45, 7) is 3.04. The first-order valence-corrected chi connectivity index (χ1v) is 10.1. The minimum absolute atomic E-state index is 0.129. The third kappa shape index (κ3) is 3.76. The molecule has 0 atom stereocenters. The van der Waals surface area contributed by atoms with Gasteiger partial charge in [-0.05, 0) is 31.0 Å². The molecule has 1 aliphatic carbocycles. The fourth-order valence-electron chi connectivity index (χ4n) is 3.17. The zero-order chi connectivity index (χ0) is 18.1. The van der Waals surface area contributed by atoms with E-state index in [-0.39, 0.29) is 5.91 Å². The van der Waals surface area contributed by atoms with Gasteiger partial charge in [0.05, 0.1) is 5.75 Å². The number of anilines is 2. The molecule has 2 N–H and O–H groups in total. The van der Waals surface area contributed by atoms with Crippen molar-refractivity contribution < 1.29 is 4.79 Å². The average molecular weight is 393 g/mol. The molecule has 9 heteroatoms. The van der Waals surface area contributed by atoms with Crippen molar-refractivity contribution in [2.45, 2.75) is 24.0 Å². The molecule has 1 aliphatic heterocycles. The maximum absolute atomic E-state index is 12.5. The van der Waals surface area contributed by atoms with Crippen LogP contribution in [0.1, 0.15) is 18.9 Å². The highest BCUT2D eigenvalue weighted by atomic mass is 35.5. The number of amides is 1. The van der Waals surface area contributed by atoms with Crippen LogP contribution in [-0.4, -0.2) is 57.5 Å². The number of hydrogen-bond acceptors (Lipinski definition) is 6. The van der Waals surface area contributed by atoms with Gasteiger partial charge in [-0.2, -0.15) is 0 Å². The molecule has 4 rings (SSSR count). The maximum atomic E-state index is 12.5. The lowest BCUT2D eigenvalue weighted by Gasteiger charge is -2.36.